The Bertz CT molecular complexity index is 426. The lowest BCUT2D eigenvalue weighted by Gasteiger charge is -2.26. The summed E-state index contributed by atoms with van der Waals surface area (Å²) in [4.78, 5) is 0. The summed E-state index contributed by atoms with van der Waals surface area (Å²) in [5.41, 5.74) is 0. The van der Waals surface area contributed by atoms with Gasteiger partial charge >= 0.3 is 0 Å². The van der Waals surface area contributed by atoms with Crippen LogP contribution in [0.2, 0.25) is 0 Å². The maximum absolute atomic E-state index is 11.7. The average Bonchev–Trinajstić information content (AvgIpc) is 2.25. The van der Waals surface area contributed by atoms with Gasteiger partial charge in [-0.3, -0.25) is 0 Å². The Morgan fingerprint density at radius 2 is 1.76 bits per heavy atom. The molecule has 102 valence electrons. The monoisotopic (exact) mass is 287 g/mol. The molecule has 0 aliphatic carbocycles. The zero-order valence-corrected chi connectivity index (χ0v) is 11.0. The van der Waals surface area contributed by atoms with Gasteiger partial charge < -0.3 is 4.74 Å². The highest BCUT2D eigenvalue weighted by Gasteiger charge is 2.23. The number of hydrogen-bond donors (Lipinski definition) is 2. The lowest BCUT2D eigenvalue weighted by molar-refractivity contribution is 0.0725. The molecular weight excluding hydrogens is 270 g/mol. The molecule has 0 aromatic heterocycles. The first-order valence-corrected chi connectivity index (χ1v) is 8.30. The van der Waals surface area contributed by atoms with Crippen molar-refractivity contribution < 1.29 is 21.6 Å². The molecule has 17 heavy (non-hydrogen) atoms. The second kappa shape index (κ2) is 6.07. The molecular formula is C7H17N3O5S2. The van der Waals surface area contributed by atoms with Crippen molar-refractivity contribution in [3.63, 3.8) is 0 Å². The van der Waals surface area contributed by atoms with Gasteiger partial charge in [0, 0.05) is 19.6 Å². The molecule has 3 N–H and O–H groups in total. The Kier molecular flexibility index (Phi) is 5.28. The molecule has 8 nitrogen and oxygen atoms in total. The van der Waals surface area contributed by atoms with Crippen LogP contribution in [0.25, 0.3) is 0 Å². The van der Waals surface area contributed by atoms with E-state index >= 15 is 0 Å². The molecule has 0 atom stereocenters. The van der Waals surface area contributed by atoms with Crippen LogP contribution in [0.4, 0.5) is 0 Å². The maximum Gasteiger partial charge on any atom is 0.279 e. The Labute approximate surface area is 101 Å². The van der Waals surface area contributed by atoms with Crippen molar-refractivity contribution >= 4 is 20.2 Å². The predicted molar refractivity (Wildman–Crippen MR) is 61.9 cm³/mol. The second-order valence-corrected chi connectivity index (χ2v) is 7.12. The fraction of sp³-hybridized carbons (Fsp3) is 1.00. The van der Waals surface area contributed by atoms with Gasteiger partial charge in [0.2, 0.25) is 10.0 Å². The SMILES string of the molecule is NS(=O)(=O)CCCNS(=O)(=O)N1CCOCC1. The molecule has 0 amide bonds. The summed E-state index contributed by atoms with van der Waals surface area (Å²) >= 11 is 0. The van der Waals surface area contributed by atoms with E-state index in [9.17, 15) is 16.8 Å². The van der Waals surface area contributed by atoms with Crippen LogP contribution in [-0.4, -0.2) is 59.7 Å². The minimum atomic E-state index is -3.54. The Morgan fingerprint density at radius 1 is 1.18 bits per heavy atom. The van der Waals surface area contributed by atoms with E-state index in [1.165, 1.54) is 4.31 Å². The number of nitrogens with zero attached hydrogens (tertiary/aromatic N) is 1. The Balaban J connectivity index is 2.34. The molecule has 0 bridgehead atoms. The summed E-state index contributed by atoms with van der Waals surface area (Å²) in [6.07, 6.45) is 0.155. The molecule has 1 saturated heterocycles. The highest BCUT2D eigenvalue weighted by atomic mass is 32.2. The van der Waals surface area contributed by atoms with Gasteiger partial charge in [0.15, 0.2) is 0 Å². The van der Waals surface area contributed by atoms with Crippen molar-refractivity contribution in [3.8, 4) is 0 Å². The van der Waals surface area contributed by atoms with Crippen LogP contribution in [0.15, 0.2) is 0 Å². The number of rotatable bonds is 6. The van der Waals surface area contributed by atoms with E-state index in [1.807, 2.05) is 0 Å². The number of sulfonamides is 1. The number of morpholine rings is 1. The van der Waals surface area contributed by atoms with Crippen molar-refractivity contribution in [1.29, 1.82) is 0 Å². The summed E-state index contributed by atoms with van der Waals surface area (Å²) in [5, 5.41) is 4.80. The van der Waals surface area contributed by atoms with Crippen molar-refractivity contribution in [2.75, 3.05) is 38.6 Å². The quantitative estimate of drug-likeness (QED) is 0.539. The van der Waals surface area contributed by atoms with E-state index in [1.54, 1.807) is 0 Å². The highest BCUT2D eigenvalue weighted by molar-refractivity contribution is 7.89. The van der Waals surface area contributed by atoms with Crippen molar-refractivity contribution in [2.45, 2.75) is 6.42 Å². The summed E-state index contributed by atoms with van der Waals surface area (Å²) in [6, 6.07) is 0. The van der Waals surface area contributed by atoms with Crippen molar-refractivity contribution in [3.05, 3.63) is 0 Å². The minimum absolute atomic E-state index is 0.0517. The van der Waals surface area contributed by atoms with Crippen LogP contribution >= 0.6 is 0 Å². The van der Waals surface area contributed by atoms with Crippen LogP contribution in [-0.2, 0) is 25.0 Å². The molecule has 0 aromatic carbocycles. The van der Waals surface area contributed by atoms with Crippen LogP contribution in [0.1, 0.15) is 6.42 Å². The molecule has 1 fully saturated rings. The fourth-order valence-electron chi connectivity index (χ4n) is 1.35. The highest BCUT2D eigenvalue weighted by Crippen LogP contribution is 2.02. The fourth-order valence-corrected chi connectivity index (χ4v) is 3.11. The average molecular weight is 287 g/mol. The van der Waals surface area contributed by atoms with E-state index in [-0.39, 0.29) is 18.7 Å². The molecule has 0 aromatic rings. The van der Waals surface area contributed by atoms with Crippen molar-refractivity contribution in [1.82, 2.24) is 9.03 Å². The van der Waals surface area contributed by atoms with E-state index in [2.05, 4.69) is 4.72 Å². The van der Waals surface area contributed by atoms with Gasteiger partial charge in [0.1, 0.15) is 0 Å². The number of nitrogens with two attached hydrogens (primary N) is 1. The largest absolute Gasteiger partial charge is 0.379 e. The number of nitrogens with one attached hydrogen (secondary N) is 1. The third kappa shape index (κ3) is 5.75. The van der Waals surface area contributed by atoms with Crippen molar-refractivity contribution in [2.24, 2.45) is 5.14 Å². The molecule has 10 heteroatoms. The topological polar surface area (TPSA) is 119 Å². The lowest BCUT2D eigenvalue weighted by atomic mass is 10.5. The third-order valence-electron chi connectivity index (χ3n) is 2.20. The molecule has 0 spiro atoms. The molecule has 1 heterocycles. The third-order valence-corrected chi connectivity index (χ3v) is 4.67. The van der Waals surface area contributed by atoms with E-state index < -0.39 is 20.2 Å². The first-order chi connectivity index (χ1) is 7.81. The normalized spacial score (nSPS) is 19.4. The predicted octanol–water partition coefficient (Wildman–Crippen LogP) is -2.17. The molecule has 1 aliphatic rings. The van der Waals surface area contributed by atoms with Crippen LogP contribution in [0.5, 0.6) is 0 Å². The molecule has 1 rings (SSSR count). The van der Waals surface area contributed by atoms with E-state index in [4.69, 9.17) is 9.88 Å². The zero-order chi connectivity index (χ0) is 12.9. The summed E-state index contributed by atoms with van der Waals surface area (Å²) in [5.74, 6) is -0.237. The minimum Gasteiger partial charge on any atom is -0.379 e. The van der Waals surface area contributed by atoms with Crippen LogP contribution < -0.4 is 9.86 Å². The lowest BCUT2D eigenvalue weighted by Crippen LogP contribution is -2.47. The van der Waals surface area contributed by atoms with Gasteiger partial charge in [-0.25, -0.2) is 18.3 Å². The first-order valence-electron chi connectivity index (χ1n) is 5.14. The summed E-state index contributed by atoms with van der Waals surface area (Å²) in [6.45, 7) is 1.42. The van der Waals surface area contributed by atoms with Gasteiger partial charge in [0.25, 0.3) is 10.2 Å². The standard InChI is InChI=1S/C7H17N3O5S2/c8-16(11,12)7-1-2-9-17(13,14)10-3-5-15-6-4-10/h9H,1-7H2,(H2,8,11,12). The van der Waals surface area contributed by atoms with Crippen LogP contribution in [0, 0.1) is 0 Å². The Morgan fingerprint density at radius 3 is 2.29 bits per heavy atom. The molecule has 1 aliphatic heterocycles. The zero-order valence-electron chi connectivity index (χ0n) is 9.33. The molecule has 0 unspecified atom stereocenters. The van der Waals surface area contributed by atoms with Gasteiger partial charge in [0.05, 0.1) is 19.0 Å². The number of ether oxygens (including phenoxy) is 1. The maximum atomic E-state index is 11.7. The van der Waals surface area contributed by atoms with E-state index in [0.29, 0.717) is 26.3 Å². The number of primary sulfonamides is 1. The van der Waals surface area contributed by atoms with Gasteiger partial charge in [-0.15, -0.1) is 0 Å². The summed E-state index contributed by atoms with van der Waals surface area (Å²) in [7, 11) is -7.07. The van der Waals surface area contributed by atoms with Crippen LogP contribution in [0.3, 0.4) is 0 Å². The second-order valence-electron chi connectivity index (χ2n) is 3.63. The summed E-state index contributed by atoms with van der Waals surface area (Å²) < 4.78 is 53.3. The van der Waals surface area contributed by atoms with E-state index in [0.717, 1.165) is 0 Å². The van der Waals surface area contributed by atoms with Gasteiger partial charge in [-0.2, -0.15) is 12.7 Å². The Hall–Kier alpha value is -0.260. The van der Waals surface area contributed by atoms with Gasteiger partial charge in [-0.05, 0) is 6.42 Å². The molecule has 0 saturated carbocycles. The first kappa shape index (κ1) is 14.8. The van der Waals surface area contributed by atoms with Gasteiger partial charge in [-0.1, -0.05) is 0 Å². The smallest absolute Gasteiger partial charge is 0.279 e. The number of hydrogen-bond acceptors (Lipinski definition) is 5. The molecule has 0 radical (unpaired) electrons.